The first-order valence-electron chi connectivity index (χ1n) is 4.88. The van der Waals surface area contributed by atoms with Crippen molar-refractivity contribution in [3.8, 4) is 0 Å². The molecule has 1 amide bonds. The summed E-state index contributed by atoms with van der Waals surface area (Å²) in [7, 11) is 0. The van der Waals surface area contributed by atoms with Gasteiger partial charge in [0.25, 0.3) is 0 Å². The lowest BCUT2D eigenvalue weighted by atomic mass is 10.3. The zero-order valence-corrected chi connectivity index (χ0v) is 8.42. The van der Waals surface area contributed by atoms with Crippen LogP contribution < -0.4 is 10.6 Å². The van der Waals surface area contributed by atoms with E-state index in [0.717, 1.165) is 18.7 Å². The molecule has 14 heavy (non-hydrogen) atoms. The highest BCUT2D eigenvalue weighted by atomic mass is 16.1. The van der Waals surface area contributed by atoms with Gasteiger partial charge in [0.05, 0.1) is 6.54 Å². The lowest BCUT2D eigenvalue weighted by molar-refractivity contribution is -0.115. The van der Waals surface area contributed by atoms with Crippen molar-refractivity contribution in [3.63, 3.8) is 0 Å². The van der Waals surface area contributed by atoms with Crippen molar-refractivity contribution in [1.29, 1.82) is 0 Å². The number of carbonyl (C=O) groups excluding carboxylic acids is 1. The van der Waals surface area contributed by atoms with E-state index in [4.69, 9.17) is 0 Å². The number of hydrogen-bond donors (Lipinski definition) is 2. The quantitative estimate of drug-likeness (QED) is 0.696. The van der Waals surface area contributed by atoms with Crippen molar-refractivity contribution in [2.24, 2.45) is 0 Å². The van der Waals surface area contributed by atoms with E-state index >= 15 is 0 Å². The molecule has 3 nitrogen and oxygen atoms in total. The van der Waals surface area contributed by atoms with Gasteiger partial charge in [0, 0.05) is 5.69 Å². The molecule has 0 saturated carbocycles. The third kappa shape index (κ3) is 4.05. The second-order valence-electron chi connectivity index (χ2n) is 3.09. The summed E-state index contributed by atoms with van der Waals surface area (Å²) in [5, 5.41) is 5.84. The number of anilines is 1. The van der Waals surface area contributed by atoms with E-state index in [1.807, 2.05) is 30.3 Å². The molecule has 2 N–H and O–H groups in total. The Morgan fingerprint density at radius 3 is 2.64 bits per heavy atom. The first-order valence-corrected chi connectivity index (χ1v) is 4.88. The van der Waals surface area contributed by atoms with E-state index in [1.54, 1.807) is 0 Å². The van der Waals surface area contributed by atoms with Gasteiger partial charge in [-0.3, -0.25) is 4.79 Å². The molecular weight excluding hydrogens is 176 g/mol. The number of nitrogens with one attached hydrogen (secondary N) is 2. The van der Waals surface area contributed by atoms with Gasteiger partial charge < -0.3 is 10.6 Å². The maximum absolute atomic E-state index is 11.3. The van der Waals surface area contributed by atoms with Crippen molar-refractivity contribution >= 4 is 11.6 Å². The van der Waals surface area contributed by atoms with Crippen LogP contribution in [0.2, 0.25) is 0 Å². The van der Waals surface area contributed by atoms with Crippen molar-refractivity contribution in [1.82, 2.24) is 5.32 Å². The van der Waals surface area contributed by atoms with Gasteiger partial charge in [-0.15, -0.1) is 0 Å². The van der Waals surface area contributed by atoms with Gasteiger partial charge in [-0.1, -0.05) is 25.1 Å². The maximum atomic E-state index is 11.3. The van der Waals surface area contributed by atoms with Crippen LogP contribution in [0.3, 0.4) is 0 Å². The Bertz CT molecular complexity index is 272. The van der Waals surface area contributed by atoms with Gasteiger partial charge in [0.1, 0.15) is 0 Å². The van der Waals surface area contributed by atoms with Gasteiger partial charge >= 0.3 is 0 Å². The summed E-state index contributed by atoms with van der Waals surface area (Å²) < 4.78 is 0. The van der Waals surface area contributed by atoms with E-state index in [0.29, 0.717) is 6.54 Å². The first-order chi connectivity index (χ1) is 6.83. The predicted molar refractivity (Wildman–Crippen MR) is 58.2 cm³/mol. The first kappa shape index (κ1) is 10.7. The van der Waals surface area contributed by atoms with Crippen LogP contribution in [0, 0.1) is 0 Å². The Kier molecular flexibility index (Phi) is 4.72. The van der Waals surface area contributed by atoms with Crippen LogP contribution in [0.5, 0.6) is 0 Å². The highest BCUT2D eigenvalue weighted by Crippen LogP contribution is 2.03. The van der Waals surface area contributed by atoms with Crippen LogP contribution in [0.1, 0.15) is 13.3 Å². The van der Waals surface area contributed by atoms with Crippen LogP contribution >= 0.6 is 0 Å². The molecule has 1 aromatic rings. The fourth-order valence-corrected chi connectivity index (χ4v) is 1.11. The van der Waals surface area contributed by atoms with Crippen molar-refractivity contribution in [2.45, 2.75) is 13.3 Å². The summed E-state index contributed by atoms with van der Waals surface area (Å²) in [5.41, 5.74) is 0.843. The maximum Gasteiger partial charge on any atom is 0.238 e. The fraction of sp³-hybridized carbons (Fsp3) is 0.364. The number of amides is 1. The monoisotopic (exact) mass is 192 g/mol. The topological polar surface area (TPSA) is 41.1 Å². The molecule has 3 heteroatoms. The Morgan fingerprint density at radius 1 is 1.29 bits per heavy atom. The SMILES string of the molecule is CCCNCC(=O)Nc1ccccc1. The van der Waals surface area contributed by atoms with Gasteiger partial charge in [-0.2, -0.15) is 0 Å². The van der Waals surface area contributed by atoms with E-state index in [1.165, 1.54) is 0 Å². The normalized spacial score (nSPS) is 9.79. The number of benzene rings is 1. The Balaban J connectivity index is 2.27. The van der Waals surface area contributed by atoms with E-state index in [9.17, 15) is 4.79 Å². The molecule has 0 bridgehead atoms. The Hall–Kier alpha value is -1.35. The summed E-state index contributed by atoms with van der Waals surface area (Å²) in [6, 6.07) is 9.46. The van der Waals surface area contributed by atoms with Crippen LogP contribution in [-0.4, -0.2) is 19.0 Å². The predicted octanol–water partition coefficient (Wildman–Crippen LogP) is 1.62. The smallest absolute Gasteiger partial charge is 0.238 e. The van der Waals surface area contributed by atoms with E-state index in [-0.39, 0.29) is 5.91 Å². The third-order valence-corrected chi connectivity index (χ3v) is 1.77. The molecule has 76 valence electrons. The van der Waals surface area contributed by atoms with Gasteiger partial charge in [0.15, 0.2) is 0 Å². The largest absolute Gasteiger partial charge is 0.325 e. The van der Waals surface area contributed by atoms with Gasteiger partial charge in [0.2, 0.25) is 5.91 Å². The molecule has 0 fully saturated rings. The molecule has 0 radical (unpaired) electrons. The summed E-state index contributed by atoms with van der Waals surface area (Å²) in [4.78, 5) is 11.3. The molecule has 0 saturated heterocycles. The molecule has 0 atom stereocenters. The average Bonchev–Trinajstić information content (AvgIpc) is 2.20. The van der Waals surface area contributed by atoms with E-state index < -0.39 is 0 Å². The molecule has 0 aliphatic carbocycles. The molecule has 0 spiro atoms. The number of para-hydroxylation sites is 1. The molecule has 0 aliphatic rings. The Morgan fingerprint density at radius 2 is 2.00 bits per heavy atom. The van der Waals surface area contributed by atoms with Gasteiger partial charge in [-0.05, 0) is 25.1 Å². The second-order valence-corrected chi connectivity index (χ2v) is 3.09. The molecule has 1 aromatic carbocycles. The minimum Gasteiger partial charge on any atom is -0.325 e. The highest BCUT2D eigenvalue weighted by Gasteiger charge is 1.99. The van der Waals surface area contributed by atoms with Crippen LogP contribution in [0.25, 0.3) is 0 Å². The van der Waals surface area contributed by atoms with Crippen LogP contribution in [-0.2, 0) is 4.79 Å². The van der Waals surface area contributed by atoms with Crippen molar-refractivity contribution < 1.29 is 4.79 Å². The van der Waals surface area contributed by atoms with E-state index in [2.05, 4.69) is 17.6 Å². The van der Waals surface area contributed by atoms with Crippen LogP contribution in [0.15, 0.2) is 30.3 Å². The minimum atomic E-state index is 0.00431. The second kappa shape index (κ2) is 6.16. The fourth-order valence-electron chi connectivity index (χ4n) is 1.11. The summed E-state index contributed by atoms with van der Waals surface area (Å²) >= 11 is 0. The molecular formula is C11H16N2O. The van der Waals surface area contributed by atoms with Crippen LogP contribution in [0.4, 0.5) is 5.69 Å². The molecule has 0 heterocycles. The summed E-state index contributed by atoms with van der Waals surface area (Å²) in [5.74, 6) is 0.00431. The van der Waals surface area contributed by atoms with Gasteiger partial charge in [-0.25, -0.2) is 0 Å². The lowest BCUT2D eigenvalue weighted by Crippen LogP contribution is -2.28. The standard InChI is InChI=1S/C11H16N2O/c1-2-8-12-9-11(14)13-10-6-4-3-5-7-10/h3-7,12H,2,8-9H2,1H3,(H,13,14). The zero-order chi connectivity index (χ0) is 10.2. The average molecular weight is 192 g/mol. The molecule has 0 unspecified atom stereocenters. The summed E-state index contributed by atoms with van der Waals surface area (Å²) in [6.07, 6.45) is 1.04. The zero-order valence-electron chi connectivity index (χ0n) is 8.42. The van der Waals surface area contributed by atoms with Crippen molar-refractivity contribution in [3.05, 3.63) is 30.3 Å². The molecule has 1 rings (SSSR count). The Labute approximate surface area is 84.5 Å². The minimum absolute atomic E-state index is 0.00431. The molecule has 0 aromatic heterocycles. The number of carbonyl (C=O) groups is 1. The number of rotatable bonds is 5. The number of hydrogen-bond acceptors (Lipinski definition) is 2. The summed E-state index contributed by atoms with van der Waals surface area (Å²) in [6.45, 7) is 3.33. The third-order valence-electron chi connectivity index (χ3n) is 1.77. The van der Waals surface area contributed by atoms with Crippen molar-refractivity contribution in [2.75, 3.05) is 18.4 Å². The lowest BCUT2D eigenvalue weighted by Gasteiger charge is -2.05. The molecule has 0 aliphatic heterocycles. The highest BCUT2D eigenvalue weighted by molar-refractivity contribution is 5.92.